The molecule has 0 unspecified atom stereocenters. The van der Waals surface area contributed by atoms with Crippen molar-refractivity contribution in [3.05, 3.63) is 48.3 Å². The quantitative estimate of drug-likeness (QED) is 0.640. The van der Waals surface area contributed by atoms with E-state index >= 15 is 0 Å². The van der Waals surface area contributed by atoms with Crippen LogP contribution in [0, 0.1) is 0 Å². The zero-order valence-corrected chi connectivity index (χ0v) is 8.92. The predicted molar refractivity (Wildman–Crippen MR) is 65.6 cm³/mol. The summed E-state index contributed by atoms with van der Waals surface area (Å²) < 4.78 is 0. The van der Waals surface area contributed by atoms with Crippen molar-refractivity contribution in [3.63, 3.8) is 0 Å². The zero-order chi connectivity index (χ0) is 11.8. The van der Waals surface area contributed by atoms with E-state index in [-0.39, 0.29) is 0 Å². The fraction of sp³-hybridized carbons (Fsp3) is 0. The third-order valence-electron chi connectivity index (χ3n) is 2.74. The Kier molecular flexibility index (Phi) is 2.01. The highest BCUT2D eigenvalue weighted by Crippen LogP contribution is 2.22. The van der Waals surface area contributed by atoms with Crippen LogP contribution in [-0.4, -0.2) is 15.9 Å². The van der Waals surface area contributed by atoms with Crippen molar-refractivity contribution in [3.8, 4) is 0 Å². The molecule has 0 bridgehead atoms. The second kappa shape index (κ2) is 3.52. The molecule has 0 aliphatic rings. The second-order valence-electron chi connectivity index (χ2n) is 3.80. The van der Waals surface area contributed by atoms with E-state index in [9.17, 15) is 4.79 Å². The lowest BCUT2D eigenvalue weighted by molar-refractivity contribution is 0.100. The molecule has 0 saturated heterocycles. The number of pyridine rings is 2. The van der Waals surface area contributed by atoms with Crippen LogP contribution in [0.5, 0.6) is 0 Å². The third-order valence-corrected chi connectivity index (χ3v) is 2.74. The third kappa shape index (κ3) is 1.50. The molecule has 3 aromatic rings. The van der Waals surface area contributed by atoms with Gasteiger partial charge in [-0.2, -0.15) is 0 Å². The number of carbonyl (C=O) groups excluding carboxylic acids is 1. The molecule has 0 spiro atoms. The Morgan fingerprint density at radius 2 is 2.00 bits per heavy atom. The Balaban J connectivity index is 2.41. The second-order valence-corrected chi connectivity index (χ2v) is 3.80. The number of nitrogens with two attached hydrogens (primary N) is 1. The standard InChI is InChI=1S/C13H9N3O/c14-12(17)8-3-4-10-9(6-8)7-16-13-11(10)2-1-5-15-13/h1-7H,(H2,14,17). The molecule has 0 fully saturated rings. The number of aromatic nitrogens is 2. The Labute approximate surface area is 97.1 Å². The van der Waals surface area contributed by atoms with Crippen LogP contribution in [0.3, 0.4) is 0 Å². The van der Waals surface area contributed by atoms with Crippen molar-refractivity contribution in [2.75, 3.05) is 0 Å². The van der Waals surface area contributed by atoms with Gasteiger partial charge in [-0.15, -0.1) is 0 Å². The first-order valence-corrected chi connectivity index (χ1v) is 5.19. The van der Waals surface area contributed by atoms with Crippen LogP contribution >= 0.6 is 0 Å². The number of benzene rings is 1. The summed E-state index contributed by atoms with van der Waals surface area (Å²) in [5.74, 6) is -0.432. The Morgan fingerprint density at radius 1 is 1.12 bits per heavy atom. The summed E-state index contributed by atoms with van der Waals surface area (Å²) >= 11 is 0. The fourth-order valence-electron chi connectivity index (χ4n) is 1.91. The maximum absolute atomic E-state index is 11.1. The van der Waals surface area contributed by atoms with Gasteiger partial charge in [0.15, 0.2) is 5.65 Å². The molecule has 82 valence electrons. The molecule has 3 rings (SSSR count). The Bertz CT molecular complexity index is 737. The number of amides is 1. The summed E-state index contributed by atoms with van der Waals surface area (Å²) in [4.78, 5) is 19.5. The van der Waals surface area contributed by atoms with Crippen molar-refractivity contribution in [2.24, 2.45) is 5.73 Å². The molecule has 0 aliphatic carbocycles. The van der Waals surface area contributed by atoms with E-state index < -0.39 is 5.91 Å². The van der Waals surface area contributed by atoms with E-state index in [0.29, 0.717) is 11.2 Å². The van der Waals surface area contributed by atoms with Gasteiger partial charge in [-0.05, 0) is 29.7 Å². The number of rotatable bonds is 1. The minimum atomic E-state index is -0.432. The van der Waals surface area contributed by atoms with Crippen molar-refractivity contribution in [2.45, 2.75) is 0 Å². The van der Waals surface area contributed by atoms with Crippen molar-refractivity contribution in [1.82, 2.24) is 9.97 Å². The lowest BCUT2D eigenvalue weighted by Gasteiger charge is -2.03. The molecule has 0 atom stereocenters. The van der Waals surface area contributed by atoms with Crippen LogP contribution in [-0.2, 0) is 0 Å². The van der Waals surface area contributed by atoms with Crippen molar-refractivity contribution >= 4 is 27.7 Å². The van der Waals surface area contributed by atoms with Gasteiger partial charge in [0.1, 0.15) is 0 Å². The molecule has 0 aliphatic heterocycles. The number of nitrogens with zero attached hydrogens (tertiary/aromatic N) is 2. The molecule has 4 heteroatoms. The van der Waals surface area contributed by atoms with Gasteiger partial charge < -0.3 is 5.73 Å². The van der Waals surface area contributed by atoms with E-state index in [1.54, 1.807) is 24.5 Å². The molecule has 4 nitrogen and oxygen atoms in total. The lowest BCUT2D eigenvalue weighted by atomic mass is 10.1. The summed E-state index contributed by atoms with van der Waals surface area (Å²) in [5, 5.41) is 2.89. The van der Waals surface area contributed by atoms with Gasteiger partial charge in [0.05, 0.1) is 0 Å². The molecule has 0 saturated carbocycles. The highest BCUT2D eigenvalue weighted by Gasteiger charge is 2.05. The van der Waals surface area contributed by atoms with Crippen LogP contribution in [0.1, 0.15) is 10.4 Å². The summed E-state index contributed by atoms with van der Waals surface area (Å²) in [6.07, 6.45) is 3.41. The van der Waals surface area contributed by atoms with E-state index in [2.05, 4.69) is 9.97 Å². The fourth-order valence-corrected chi connectivity index (χ4v) is 1.91. The van der Waals surface area contributed by atoms with E-state index in [1.807, 2.05) is 18.2 Å². The van der Waals surface area contributed by atoms with Gasteiger partial charge in [-0.3, -0.25) is 4.79 Å². The minimum absolute atomic E-state index is 0.432. The largest absolute Gasteiger partial charge is 0.366 e. The Morgan fingerprint density at radius 3 is 2.82 bits per heavy atom. The van der Waals surface area contributed by atoms with Gasteiger partial charge in [-0.1, -0.05) is 6.07 Å². The van der Waals surface area contributed by atoms with Crippen LogP contribution in [0.2, 0.25) is 0 Å². The summed E-state index contributed by atoms with van der Waals surface area (Å²) in [6, 6.07) is 9.17. The van der Waals surface area contributed by atoms with Crippen LogP contribution in [0.25, 0.3) is 21.8 Å². The van der Waals surface area contributed by atoms with Crippen molar-refractivity contribution in [1.29, 1.82) is 0 Å². The van der Waals surface area contributed by atoms with Gasteiger partial charge in [-0.25, -0.2) is 9.97 Å². The molecule has 1 aromatic carbocycles. The number of hydrogen-bond donors (Lipinski definition) is 1. The zero-order valence-electron chi connectivity index (χ0n) is 8.92. The smallest absolute Gasteiger partial charge is 0.248 e. The molecule has 1 amide bonds. The molecule has 2 aromatic heterocycles. The van der Waals surface area contributed by atoms with Gasteiger partial charge >= 0.3 is 0 Å². The molecule has 0 radical (unpaired) electrons. The minimum Gasteiger partial charge on any atom is -0.366 e. The highest BCUT2D eigenvalue weighted by molar-refractivity contribution is 6.06. The first-order chi connectivity index (χ1) is 8.25. The van der Waals surface area contributed by atoms with Crippen LogP contribution < -0.4 is 5.73 Å². The molecular weight excluding hydrogens is 214 g/mol. The molecule has 2 heterocycles. The normalized spacial score (nSPS) is 10.8. The predicted octanol–water partition coefficient (Wildman–Crippen LogP) is 1.88. The van der Waals surface area contributed by atoms with Crippen LogP contribution in [0.15, 0.2) is 42.7 Å². The van der Waals surface area contributed by atoms with Gasteiger partial charge in [0.25, 0.3) is 0 Å². The maximum Gasteiger partial charge on any atom is 0.248 e. The Hall–Kier alpha value is -2.49. The van der Waals surface area contributed by atoms with Gasteiger partial charge in [0.2, 0.25) is 5.91 Å². The average molecular weight is 223 g/mol. The van der Waals surface area contributed by atoms with Crippen molar-refractivity contribution < 1.29 is 4.79 Å². The van der Waals surface area contributed by atoms with Gasteiger partial charge in [0, 0.05) is 28.7 Å². The number of primary amides is 1. The van der Waals surface area contributed by atoms with E-state index in [1.165, 1.54) is 0 Å². The monoisotopic (exact) mass is 223 g/mol. The number of carbonyl (C=O) groups is 1. The summed E-state index contributed by atoms with van der Waals surface area (Å²) in [6.45, 7) is 0. The topological polar surface area (TPSA) is 68.9 Å². The number of fused-ring (bicyclic) bond motifs is 3. The first-order valence-electron chi connectivity index (χ1n) is 5.19. The lowest BCUT2D eigenvalue weighted by Crippen LogP contribution is -2.10. The van der Waals surface area contributed by atoms with Crippen LogP contribution in [0.4, 0.5) is 0 Å². The summed E-state index contributed by atoms with van der Waals surface area (Å²) in [5.41, 5.74) is 6.43. The summed E-state index contributed by atoms with van der Waals surface area (Å²) in [7, 11) is 0. The molecule has 17 heavy (non-hydrogen) atoms. The SMILES string of the molecule is NC(=O)c1ccc2c(cnc3ncccc32)c1. The maximum atomic E-state index is 11.1. The average Bonchev–Trinajstić information content (AvgIpc) is 2.38. The van der Waals surface area contributed by atoms with E-state index in [0.717, 1.165) is 16.2 Å². The first kappa shape index (κ1) is 9.72. The molecule has 2 N–H and O–H groups in total. The van der Waals surface area contributed by atoms with E-state index in [4.69, 9.17) is 5.73 Å². The number of hydrogen-bond acceptors (Lipinski definition) is 3. The molecular formula is C13H9N3O. The highest BCUT2D eigenvalue weighted by atomic mass is 16.1.